The van der Waals surface area contributed by atoms with Crippen LogP contribution in [0.2, 0.25) is 0 Å². The summed E-state index contributed by atoms with van der Waals surface area (Å²) in [5, 5.41) is 0. The number of amides is 1. The molecule has 4 nitrogen and oxygen atoms in total. The highest BCUT2D eigenvalue weighted by Crippen LogP contribution is 2.15. The van der Waals surface area contributed by atoms with Gasteiger partial charge in [-0.1, -0.05) is 0 Å². The number of rotatable bonds is 2. The Labute approximate surface area is 65.3 Å². The van der Waals surface area contributed by atoms with Crippen LogP contribution in [0.15, 0.2) is 0 Å². The molecule has 1 aliphatic rings. The van der Waals surface area contributed by atoms with Gasteiger partial charge in [0.05, 0.1) is 12.5 Å². The van der Waals surface area contributed by atoms with Crippen LogP contribution in [0.5, 0.6) is 0 Å². The molecule has 0 unspecified atom stereocenters. The number of nitrogens with two attached hydrogens (primary N) is 1. The Kier molecular flexibility index (Phi) is 2.24. The minimum atomic E-state index is 0.00361. The van der Waals surface area contributed by atoms with E-state index in [9.17, 15) is 9.59 Å². The Morgan fingerprint density at radius 1 is 1.55 bits per heavy atom. The highest BCUT2D eigenvalue weighted by molar-refractivity contribution is 5.86. The van der Waals surface area contributed by atoms with Gasteiger partial charge < -0.3 is 10.6 Å². The van der Waals surface area contributed by atoms with Crippen LogP contribution in [0, 0.1) is 5.92 Å². The monoisotopic (exact) mass is 156 g/mol. The maximum absolute atomic E-state index is 10.9. The summed E-state index contributed by atoms with van der Waals surface area (Å²) in [6, 6.07) is 0. The summed E-state index contributed by atoms with van der Waals surface area (Å²) in [4.78, 5) is 23.2. The largest absolute Gasteiger partial charge is 0.341 e. The fourth-order valence-electron chi connectivity index (χ4n) is 1.11. The van der Waals surface area contributed by atoms with Gasteiger partial charge in [-0.2, -0.15) is 0 Å². The second-order valence-corrected chi connectivity index (χ2v) is 2.79. The summed E-state index contributed by atoms with van der Waals surface area (Å²) in [7, 11) is 0. The zero-order valence-corrected chi connectivity index (χ0v) is 6.54. The van der Waals surface area contributed by atoms with Gasteiger partial charge in [0.15, 0.2) is 5.78 Å². The van der Waals surface area contributed by atoms with E-state index in [1.807, 2.05) is 0 Å². The smallest absolute Gasteiger partial charge is 0.219 e. The van der Waals surface area contributed by atoms with Gasteiger partial charge in [0.25, 0.3) is 0 Å². The van der Waals surface area contributed by atoms with Crippen LogP contribution in [0.3, 0.4) is 0 Å². The van der Waals surface area contributed by atoms with E-state index in [4.69, 9.17) is 5.73 Å². The van der Waals surface area contributed by atoms with Gasteiger partial charge in [-0.05, 0) is 0 Å². The molecule has 0 saturated carbocycles. The van der Waals surface area contributed by atoms with Crippen LogP contribution in [-0.2, 0) is 9.59 Å². The predicted molar refractivity (Wildman–Crippen MR) is 39.8 cm³/mol. The molecule has 0 aliphatic carbocycles. The van der Waals surface area contributed by atoms with Gasteiger partial charge in [-0.25, -0.2) is 0 Å². The van der Waals surface area contributed by atoms with Crippen molar-refractivity contribution in [3.8, 4) is 0 Å². The zero-order chi connectivity index (χ0) is 8.43. The van der Waals surface area contributed by atoms with E-state index in [1.165, 1.54) is 6.92 Å². The molecule has 0 atom stereocenters. The van der Waals surface area contributed by atoms with Gasteiger partial charge in [0.1, 0.15) is 0 Å². The van der Waals surface area contributed by atoms with Crippen molar-refractivity contribution in [3.05, 3.63) is 0 Å². The van der Waals surface area contributed by atoms with Crippen molar-refractivity contribution in [2.24, 2.45) is 11.7 Å². The van der Waals surface area contributed by atoms with Gasteiger partial charge in [-0.15, -0.1) is 0 Å². The highest BCUT2D eigenvalue weighted by atomic mass is 16.2. The van der Waals surface area contributed by atoms with Gasteiger partial charge in [0, 0.05) is 20.0 Å². The third-order valence-corrected chi connectivity index (χ3v) is 1.98. The Morgan fingerprint density at radius 3 is 2.45 bits per heavy atom. The van der Waals surface area contributed by atoms with Crippen molar-refractivity contribution in [3.63, 3.8) is 0 Å². The first kappa shape index (κ1) is 8.20. The lowest BCUT2D eigenvalue weighted by Crippen LogP contribution is -2.53. The summed E-state index contributed by atoms with van der Waals surface area (Å²) >= 11 is 0. The minimum Gasteiger partial charge on any atom is -0.341 e. The molecule has 1 rings (SSSR count). The van der Waals surface area contributed by atoms with Crippen LogP contribution in [0.4, 0.5) is 0 Å². The van der Waals surface area contributed by atoms with Crippen molar-refractivity contribution in [2.75, 3.05) is 19.6 Å². The number of hydrogen-bond donors (Lipinski definition) is 1. The van der Waals surface area contributed by atoms with E-state index in [1.54, 1.807) is 4.90 Å². The van der Waals surface area contributed by atoms with Crippen LogP contribution in [0.1, 0.15) is 6.92 Å². The molecule has 1 amide bonds. The molecule has 0 aromatic rings. The summed E-state index contributed by atoms with van der Waals surface area (Å²) in [5.41, 5.74) is 5.15. The van der Waals surface area contributed by atoms with E-state index < -0.39 is 0 Å². The lowest BCUT2D eigenvalue weighted by Gasteiger charge is -2.37. The van der Waals surface area contributed by atoms with E-state index in [2.05, 4.69) is 0 Å². The molecule has 62 valence electrons. The Hall–Kier alpha value is -0.900. The average Bonchev–Trinajstić information content (AvgIpc) is 1.83. The lowest BCUT2D eigenvalue weighted by molar-refractivity contribution is -0.139. The SMILES string of the molecule is CC(=O)N1CC(C(=O)CN)C1. The van der Waals surface area contributed by atoms with Gasteiger partial charge >= 0.3 is 0 Å². The van der Waals surface area contributed by atoms with E-state index in [0.29, 0.717) is 13.1 Å². The van der Waals surface area contributed by atoms with Gasteiger partial charge in [0.2, 0.25) is 5.91 Å². The third kappa shape index (κ3) is 1.57. The molecule has 0 radical (unpaired) electrons. The van der Waals surface area contributed by atoms with Crippen LogP contribution in [0.25, 0.3) is 0 Å². The number of ketones is 1. The Morgan fingerprint density at radius 2 is 2.09 bits per heavy atom. The maximum atomic E-state index is 10.9. The molecule has 0 aromatic heterocycles. The topological polar surface area (TPSA) is 63.4 Å². The molecule has 0 bridgehead atoms. The molecule has 0 aromatic carbocycles. The predicted octanol–water partition coefficient (Wildman–Crippen LogP) is -1.01. The van der Waals surface area contributed by atoms with Crippen molar-refractivity contribution in [1.29, 1.82) is 0 Å². The molecule has 4 heteroatoms. The highest BCUT2D eigenvalue weighted by Gasteiger charge is 2.32. The van der Waals surface area contributed by atoms with Crippen molar-refractivity contribution < 1.29 is 9.59 Å². The van der Waals surface area contributed by atoms with Crippen molar-refractivity contribution >= 4 is 11.7 Å². The second-order valence-electron chi connectivity index (χ2n) is 2.79. The van der Waals surface area contributed by atoms with Crippen LogP contribution < -0.4 is 5.73 Å². The van der Waals surface area contributed by atoms with E-state index in [-0.39, 0.29) is 24.2 Å². The second kappa shape index (κ2) is 3.00. The number of hydrogen-bond acceptors (Lipinski definition) is 3. The number of likely N-dealkylation sites (tertiary alicyclic amines) is 1. The Balaban J connectivity index is 2.29. The third-order valence-electron chi connectivity index (χ3n) is 1.98. The normalized spacial score (nSPS) is 17.8. The molecule has 1 aliphatic heterocycles. The standard InChI is InChI=1S/C7H12N2O2/c1-5(10)9-3-6(4-9)7(11)2-8/h6H,2-4,8H2,1H3. The number of carbonyl (C=O) groups is 2. The molecule has 11 heavy (non-hydrogen) atoms. The van der Waals surface area contributed by atoms with Crippen molar-refractivity contribution in [1.82, 2.24) is 4.90 Å². The zero-order valence-electron chi connectivity index (χ0n) is 6.54. The Bertz CT molecular complexity index is 185. The maximum Gasteiger partial charge on any atom is 0.219 e. The lowest BCUT2D eigenvalue weighted by atomic mass is 9.95. The first-order chi connectivity index (χ1) is 5.15. The quantitative estimate of drug-likeness (QED) is 0.557. The fraction of sp³-hybridized carbons (Fsp3) is 0.714. The fourth-order valence-corrected chi connectivity index (χ4v) is 1.11. The van der Waals surface area contributed by atoms with Crippen LogP contribution in [-0.4, -0.2) is 36.2 Å². The molecule has 1 heterocycles. The molecule has 1 saturated heterocycles. The van der Waals surface area contributed by atoms with Gasteiger partial charge in [-0.3, -0.25) is 9.59 Å². The number of Topliss-reactive ketones (excluding diaryl/α,β-unsaturated/α-hetero) is 1. The summed E-state index contributed by atoms with van der Waals surface area (Å²) in [5.74, 6) is 0.0949. The van der Waals surface area contributed by atoms with Crippen LogP contribution >= 0.6 is 0 Å². The first-order valence-electron chi connectivity index (χ1n) is 3.63. The number of nitrogens with zero attached hydrogens (tertiary/aromatic N) is 1. The summed E-state index contributed by atoms with van der Waals surface area (Å²) < 4.78 is 0. The molecular formula is C7H12N2O2. The van der Waals surface area contributed by atoms with E-state index in [0.717, 1.165) is 0 Å². The molecule has 2 N–H and O–H groups in total. The summed E-state index contributed by atoms with van der Waals surface area (Å²) in [6.45, 7) is 2.72. The average molecular weight is 156 g/mol. The number of carbonyl (C=O) groups excluding carboxylic acids is 2. The molecule has 0 spiro atoms. The first-order valence-corrected chi connectivity index (χ1v) is 3.63. The van der Waals surface area contributed by atoms with E-state index >= 15 is 0 Å². The minimum absolute atomic E-state index is 0.00361. The molecule has 1 fully saturated rings. The molecular weight excluding hydrogens is 144 g/mol. The van der Waals surface area contributed by atoms with Crippen molar-refractivity contribution in [2.45, 2.75) is 6.92 Å². The summed E-state index contributed by atoms with van der Waals surface area (Å²) in [6.07, 6.45) is 0.